The molecule has 0 bridgehead atoms. The van der Waals surface area contributed by atoms with Gasteiger partial charge in [-0.05, 0) is 29.5 Å². The number of ether oxygens (including phenoxy) is 1. The summed E-state index contributed by atoms with van der Waals surface area (Å²) in [6.07, 6.45) is 0.160. The molecule has 0 aliphatic rings. The van der Waals surface area contributed by atoms with Gasteiger partial charge in [0.15, 0.2) is 0 Å². The van der Waals surface area contributed by atoms with E-state index in [4.69, 9.17) is 32.2 Å². The zero-order valence-electron chi connectivity index (χ0n) is 21.3. The van der Waals surface area contributed by atoms with E-state index in [1.54, 1.807) is 0 Å². The van der Waals surface area contributed by atoms with Crippen molar-refractivity contribution in [3.05, 3.63) is 108 Å². The van der Waals surface area contributed by atoms with Gasteiger partial charge in [-0.2, -0.15) is 0 Å². The zero-order valence-corrected chi connectivity index (χ0v) is 21.3. The number of hydrogen-bond acceptors (Lipinski definition) is 7. The summed E-state index contributed by atoms with van der Waals surface area (Å²) in [7, 11) is 0. The molecule has 0 heterocycles. The molecule has 0 radical (unpaired) electrons. The Morgan fingerprint density at radius 1 is 0.692 bits per heavy atom. The van der Waals surface area contributed by atoms with E-state index in [-0.39, 0.29) is 6.61 Å². The van der Waals surface area contributed by atoms with Gasteiger partial charge in [-0.3, -0.25) is 14.4 Å². The number of carboxylic acids is 2. The van der Waals surface area contributed by atoms with Gasteiger partial charge in [-0.15, -0.1) is 0 Å². The monoisotopic (exact) mass is 538 g/mol. The Labute approximate surface area is 226 Å². The summed E-state index contributed by atoms with van der Waals surface area (Å²) in [5.74, 6) is -2.52. The number of benzene rings is 3. The standard InChI is InChI=1S/C10H11NO4.C9H12N2O.C9H11NO2/c12-9(13)6-11-10(14)15-7-8-4-2-1-3-5-8;2*10-8(9(11)12)6-7-4-2-1-3-5-7/h1-5H,6-7H2,(H,11,14)(H,12,13);1-5,8H,6,10H2,(H2,11,12);1-5,8H,6,10H2,(H,11,12)/t;2*8-/m.00/s1. The van der Waals surface area contributed by atoms with Crippen LogP contribution in [0, 0.1) is 0 Å². The van der Waals surface area contributed by atoms with E-state index in [0.29, 0.717) is 12.8 Å². The molecule has 0 saturated heterocycles. The van der Waals surface area contributed by atoms with Crippen LogP contribution in [0.25, 0.3) is 0 Å². The van der Waals surface area contributed by atoms with E-state index in [2.05, 4.69) is 5.32 Å². The van der Waals surface area contributed by atoms with Gasteiger partial charge >= 0.3 is 18.0 Å². The van der Waals surface area contributed by atoms with Crippen molar-refractivity contribution in [2.75, 3.05) is 6.54 Å². The third-order valence-electron chi connectivity index (χ3n) is 4.88. The molecular weight excluding hydrogens is 504 g/mol. The average molecular weight is 539 g/mol. The molecule has 2 amide bonds. The Morgan fingerprint density at radius 3 is 1.49 bits per heavy atom. The number of rotatable bonds is 10. The molecule has 0 fully saturated rings. The molecule has 11 nitrogen and oxygen atoms in total. The molecule has 3 aromatic carbocycles. The van der Waals surface area contributed by atoms with Crippen molar-refractivity contribution < 1.29 is 34.1 Å². The number of nitrogens with one attached hydrogen (secondary N) is 1. The Morgan fingerprint density at radius 2 is 1.10 bits per heavy atom. The summed E-state index contributed by atoms with van der Waals surface area (Å²) >= 11 is 0. The van der Waals surface area contributed by atoms with Crippen molar-refractivity contribution in [2.45, 2.75) is 31.5 Å². The topological polar surface area (TPSA) is 208 Å². The summed E-state index contributed by atoms with van der Waals surface area (Å²) in [4.78, 5) is 42.0. The van der Waals surface area contributed by atoms with E-state index in [9.17, 15) is 19.2 Å². The van der Waals surface area contributed by atoms with Crippen molar-refractivity contribution in [2.24, 2.45) is 17.2 Å². The van der Waals surface area contributed by atoms with E-state index in [1.807, 2.05) is 91.0 Å². The smallest absolute Gasteiger partial charge is 0.407 e. The van der Waals surface area contributed by atoms with E-state index >= 15 is 0 Å². The number of amides is 2. The van der Waals surface area contributed by atoms with Gasteiger partial charge < -0.3 is 37.5 Å². The van der Waals surface area contributed by atoms with Crippen LogP contribution in [0.4, 0.5) is 4.79 Å². The fourth-order valence-corrected chi connectivity index (χ4v) is 2.85. The molecule has 9 N–H and O–H groups in total. The maximum atomic E-state index is 10.9. The highest BCUT2D eigenvalue weighted by atomic mass is 16.5. The Kier molecular flexibility index (Phi) is 15.3. The molecule has 3 rings (SSSR count). The minimum atomic E-state index is -1.10. The number of hydrogen-bond donors (Lipinski definition) is 6. The molecule has 3 aromatic rings. The molecule has 11 heteroatoms. The zero-order chi connectivity index (χ0) is 29.0. The van der Waals surface area contributed by atoms with Crippen LogP contribution in [0.3, 0.4) is 0 Å². The summed E-state index contributed by atoms with van der Waals surface area (Å²) in [6, 6.07) is 26.7. The number of carboxylic acid groups (broad SMARTS) is 2. The van der Waals surface area contributed by atoms with Crippen LogP contribution in [0.1, 0.15) is 16.7 Å². The Balaban J connectivity index is 0.000000295. The highest BCUT2D eigenvalue weighted by Gasteiger charge is 2.11. The minimum absolute atomic E-state index is 0.131. The first-order valence-electron chi connectivity index (χ1n) is 11.9. The highest BCUT2D eigenvalue weighted by molar-refractivity contribution is 5.79. The lowest BCUT2D eigenvalue weighted by atomic mass is 10.1. The average Bonchev–Trinajstić information content (AvgIpc) is 2.93. The van der Waals surface area contributed by atoms with Crippen LogP contribution in [-0.4, -0.2) is 52.8 Å². The maximum absolute atomic E-state index is 10.9. The van der Waals surface area contributed by atoms with Crippen molar-refractivity contribution in [3.8, 4) is 0 Å². The van der Waals surface area contributed by atoms with Gasteiger partial charge in [0.1, 0.15) is 19.2 Å². The molecule has 0 aliphatic carbocycles. The number of carbonyl (C=O) groups excluding carboxylic acids is 2. The molecule has 39 heavy (non-hydrogen) atoms. The predicted octanol–water partition coefficient (Wildman–Crippen LogP) is 1.68. The summed E-state index contributed by atoms with van der Waals surface area (Å²) < 4.78 is 4.77. The van der Waals surface area contributed by atoms with Crippen LogP contribution in [-0.2, 0) is 38.6 Å². The Hall–Kier alpha value is -4.74. The quantitative estimate of drug-likeness (QED) is 0.221. The summed E-state index contributed by atoms with van der Waals surface area (Å²) in [5.41, 5.74) is 18.7. The molecule has 0 saturated carbocycles. The van der Waals surface area contributed by atoms with Crippen molar-refractivity contribution in [1.29, 1.82) is 0 Å². The lowest BCUT2D eigenvalue weighted by Crippen LogP contribution is -2.38. The van der Waals surface area contributed by atoms with Crippen molar-refractivity contribution >= 4 is 23.9 Å². The predicted molar refractivity (Wildman–Crippen MR) is 145 cm³/mol. The van der Waals surface area contributed by atoms with Crippen LogP contribution >= 0.6 is 0 Å². The molecule has 0 aromatic heterocycles. The van der Waals surface area contributed by atoms with Gasteiger partial charge in [0, 0.05) is 0 Å². The number of primary amides is 1. The van der Waals surface area contributed by atoms with E-state index in [0.717, 1.165) is 16.7 Å². The second-order valence-corrected chi connectivity index (χ2v) is 8.14. The first kappa shape index (κ1) is 32.3. The van der Waals surface area contributed by atoms with Crippen molar-refractivity contribution in [1.82, 2.24) is 5.32 Å². The number of aliphatic carboxylic acids is 2. The number of nitrogens with two attached hydrogens (primary N) is 3. The van der Waals surface area contributed by atoms with E-state index in [1.165, 1.54) is 0 Å². The highest BCUT2D eigenvalue weighted by Crippen LogP contribution is 2.02. The molecule has 2 atom stereocenters. The molecule has 0 spiro atoms. The van der Waals surface area contributed by atoms with Gasteiger partial charge in [0.25, 0.3) is 0 Å². The maximum Gasteiger partial charge on any atom is 0.407 e. The van der Waals surface area contributed by atoms with Crippen LogP contribution < -0.4 is 22.5 Å². The van der Waals surface area contributed by atoms with Crippen LogP contribution in [0.15, 0.2) is 91.0 Å². The fourth-order valence-electron chi connectivity index (χ4n) is 2.85. The lowest BCUT2D eigenvalue weighted by molar-refractivity contribution is -0.138. The minimum Gasteiger partial charge on any atom is -0.480 e. The summed E-state index contributed by atoms with van der Waals surface area (Å²) in [6.45, 7) is -0.306. The fraction of sp³-hybridized carbons (Fsp3) is 0.214. The van der Waals surface area contributed by atoms with Crippen molar-refractivity contribution in [3.63, 3.8) is 0 Å². The number of alkyl carbamates (subject to hydrolysis) is 1. The molecule has 0 unspecified atom stereocenters. The third kappa shape index (κ3) is 15.9. The second kappa shape index (κ2) is 18.5. The molecular formula is C28H34N4O7. The third-order valence-corrected chi connectivity index (χ3v) is 4.88. The first-order chi connectivity index (χ1) is 18.6. The molecule has 0 aliphatic heterocycles. The first-order valence-corrected chi connectivity index (χ1v) is 11.9. The lowest BCUT2D eigenvalue weighted by Gasteiger charge is -2.06. The Bertz CT molecular complexity index is 1090. The van der Waals surface area contributed by atoms with E-state index < -0.39 is 42.6 Å². The van der Waals surface area contributed by atoms with Crippen LogP contribution in [0.2, 0.25) is 0 Å². The van der Waals surface area contributed by atoms with Gasteiger partial charge in [0.2, 0.25) is 5.91 Å². The van der Waals surface area contributed by atoms with Crippen LogP contribution in [0.5, 0.6) is 0 Å². The summed E-state index contributed by atoms with van der Waals surface area (Å²) in [5, 5.41) is 18.9. The molecule has 208 valence electrons. The second-order valence-electron chi connectivity index (χ2n) is 8.14. The van der Waals surface area contributed by atoms with Gasteiger partial charge in [-0.1, -0.05) is 91.0 Å². The normalized spacial score (nSPS) is 11.2. The van der Waals surface area contributed by atoms with Gasteiger partial charge in [0.05, 0.1) is 6.04 Å². The largest absolute Gasteiger partial charge is 0.480 e. The SMILES string of the molecule is NC(=O)[C@@H](N)Cc1ccccc1.N[C@@H](Cc1ccccc1)C(=O)O.O=C(O)CNC(=O)OCc1ccccc1. The van der Waals surface area contributed by atoms with Gasteiger partial charge in [-0.25, -0.2) is 4.79 Å². The number of carbonyl (C=O) groups is 4.